The molecule has 1 fully saturated rings. The third kappa shape index (κ3) is 4.11. The average molecular weight is 331 g/mol. The minimum Gasteiger partial charge on any atom is -0.354 e. The molecular formula is C16H21N5OS. The molecule has 1 N–H and O–H groups in total. The van der Waals surface area contributed by atoms with Gasteiger partial charge in [-0.1, -0.05) is 6.07 Å². The van der Waals surface area contributed by atoms with Crippen molar-refractivity contribution in [1.29, 1.82) is 0 Å². The molecule has 2 aromatic heterocycles. The van der Waals surface area contributed by atoms with Crippen molar-refractivity contribution in [3.05, 3.63) is 40.1 Å². The number of carbonyl (C=O) groups is 1. The van der Waals surface area contributed by atoms with Gasteiger partial charge in [-0.15, -0.1) is 21.5 Å². The van der Waals surface area contributed by atoms with Crippen LogP contribution in [0.1, 0.15) is 34.5 Å². The molecule has 0 aromatic carbocycles. The van der Waals surface area contributed by atoms with E-state index in [1.165, 1.54) is 0 Å². The highest BCUT2D eigenvalue weighted by Crippen LogP contribution is 2.24. The molecule has 1 atom stereocenters. The number of hydrogen-bond donors (Lipinski definition) is 1. The number of aromatic nitrogens is 3. The number of nitrogens with one attached hydrogen (secondary N) is 1. The molecule has 0 bridgehead atoms. The molecule has 0 saturated carbocycles. The van der Waals surface area contributed by atoms with E-state index >= 15 is 0 Å². The van der Waals surface area contributed by atoms with Gasteiger partial charge in [0.25, 0.3) is 0 Å². The molecule has 1 amide bonds. The molecule has 6 nitrogen and oxygen atoms in total. The highest BCUT2D eigenvalue weighted by molar-refractivity contribution is 7.11. The van der Waals surface area contributed by atoms with Gasteiger partial charge in [0.05, 0.1) is 0 Å². The standard InChI is InChI=1S/C16H21N5OS/c1-12-19-20-14(23-12)6-8-18-16(22)15(21-9-2-3-10-21)13-5-4-7-17-11-13/h4-5,7,11,15H,2-3,6,8-10H2,1H3,(H,18,22). The summed E-state index contributed by atoms with van der Waals surface area (Å²) in [6, 6.07) is 3.61. The van der Waals surface area contributed by atoms with Crippen molar-refractivity contribution in [2.45, 2.75) is 32.2 Å². The lowest BCUT2D eigenvalue weighted by Gasteiger charge is -2.26. The molecule has 1 aliphatic heterocycles. The first kappa shape index (κ1) is 16.0. The van der Waals surface area contributed by atoms with E-state index in [1.54, 1.807) is 23.7 Å². The largest absolute Gasteiger partial charge is 0.354 e. The highest BCUT2D eigenvalue weighted by atomic mass is 32.1. The Morgan fingerprint density at radius 2 is 2.22 bits per heavy atom. The Balaban J connectivity index is 1.63. The summed E-state index contributed by atoms with van der Waals surface area (Å²) in [6.45, 7) is 4.44. The van der Waals surface area contributed by atoms with Gasteiger partial charge in [0.2, 0.25) is 5.91 Å². The first-order chi connectivity index (χ1) is 11.2. The quantitative estimate of drug-likeness (QED) is 0.873. The first-order valence-corrected chi connectivity index (χ1v) is 8.76. The van der Waals surface area contributed by atoms with Gasteiger partial charge in [-0.25, -0.2) is 0 Å². The van der Waals surface area contributed by atoms with E-state index in [1.807, 2.05) is 19.1 Å². The first-order valence-electron chi connectivity index (χ1n) is 7.95. The van der Waals surface area contributed by atoms with Crippen LogP contribution >= 0.6 is 11.3 Å². The Labute approximate surface area is 140 Å². The predicted octanol–water partition coefficient (Wildman–Crippen LogP) is 1.74. The van der Waals surface area contributed by atoms with E-state index in [4.69, 9.17) is 0 Å². The zero-order chi connectivity index (χ0) is 16.1. The van der Waals surface area contributed by atoms with E-state index in [0.717, 1.165) is 47.9 Å². The van der Waals surface area contributed by atoms with Crippen LogP contribution in [-0.4, -0.2) is 45.6 Å². The van der Waals surface area contributed by atoms with Crippen molar-refractivity contribution < 1.29 is 4.79 Å². The number of likely N-dealkylation sites (tertiary alicyclic amines) is 1. The van der Waals surface area contributed by atoms with Gasteiger partial charge in [-0.05, 0) is 44.5 Å². The normalized spacial score (nSPS) is 16.4. The van der Waals surface area contributed by atoms with Crippen LogP contribution in [0.4, 0.5) is 0 Å². The lowest BCUT2D eigenvalue weighted by Crippen LogP contribution is -2.40. The van der Waals surface area contributed by atoms with Crippen molar-refractivity contribution >= 4 is 17.2 Å². The fraction of sp³-hybridized carbons (Fsp3) is 0.500. The lowest BCUT2D eigenvalue weighted by atomic mass is 10.1. The maximum Gasteiger partial charge on any atom is 0.242 e. The zero-order valence-electron chi connectivity index (χ0n) is 13.2. The van der Waals surface area contributed by atoms with Gasteiger partial charge in [0.15, 0.2) is 0 Å². The van der Waals surface area contributed by atoms with Gasteiger partial charge in [-0.3, -0.25) is 14.7 Å². The number of pyridine rings is 1. The molecule has 3 rings (SSSR count). The van der Waals surface area contributed by atoms with Crippen molar-refractivity contribution in [1.82, 2.24) is 25.4 Å². The molecular weight excluding hydrogens is 310 g/mol. The van der Waals surface area contributed by atoms with Crippen LogP contribution in [0, 0.1) is 6.92 Å². The minimum absolute atomic E-state index is 0.0427. The molecule has 7 heteroatoms. The minimum atomic E-state index is -0.248. The van der Waals surface area contributed by atoms with E-state index < -0.39 is 0 Å². The number of hydrogen-bond acceptors (Lipinski definition) is 6. The lowest BCUT2D eigenvalue weighted by molar-refractivity contribution is -0.126. The predicted molar refractivity (Wildman–Crippen MR) is 89.1 cm³/mol. The smallest absolute Gasteiger partial charge is 0.242 e. The maximum absolute atomic E-state index is 12.7. The van der Waals surface area contributed by atoms with E-state index in [9.17, 15) is 4.79 Å². The van der Waals surface area contributed by atoms with Gasteiger partial charge in [0, 0.05) is 25.4 Å². The summed E-state index contributed by atoms with van der Waals surface area (Å²) in [5.74, 6) is 0.0427. The molecule has 3 heterocycles. The fourth-order valence-electron chi connectivity index (χ4n) is 2.89. The second-order valence-corrected chi connectivity index (χ2v) is 6.95. The molecule has 1 saturated heterocycles. The van der Waals surface area contributed by atoms with Gasteiger partial charge in [-0.2, -0.15) is 0 Å². The summed E-state index contributed by atoms with van der Waals surface area (Å²) in [5, 5.41) is 13.1. The van der Waals surface area contributed by atoms with Gasteiger partial charge >= 0.3 is 0 Å². The number of nitrogens with zero attached hydrogens (tertiary/aromatic N) is 4. The molecule has 1 unspecified atom stereocenters. The van der Waals surface area contributed by atoms with Crippen molar-refractivity contribution in [2.24, 2.45) is 0 Å². The van der Waals surface area contributed by atoms with Crippen molar-refractivity contribution in [2.75, 3.05) is 19.6 Å². The second-order valence-electron chi connectivity index (χ2n) is 5.69. The summed E-state index contributed by atoms with van der Waals surface area (Å²) in [5.41, 5.74) is 0.957. The number of amides is 1. The van der Waals surface area contributed by atoms with Crippen LogP contribution in [0.5, 0.6) is 0 Å². The van der Waals surface area contributed by atoms with Gasteiger partial charge in [0.1, 0.15) is 16.1 Å². The number of carbonyl (C=O) groups excluding carboxylic acids is 1. The van der Waals surface area contributed by atoms with Crippen molar-refractivity contribution in [3.8, 4) is 0 Å². The number of rotatable bonds is 6. The molecule has 2 aromatic rings. The SMILES string of the molecule is Cc1nnc(CCNC(=O)C(c2cccnc2)N2CCCC2)s1. The van der Waals surface area contributed by atoms with Crippen LogP contribution in [0.2, 0.25) is 0 Å². The van der Waals surface area contributed by atoms with E-state index in [0.29, 0.717) is 6.54 Å². The molecule has 0 aliphatic carbocycles. The van der Waals surface area contributed by atoms with E-state index in [-0.39, 0.29) is 11.9 Å². The van der Waals surface area contributed by atoms with E-state index in [2.05, 4.69) is 25.4 Å². The Hall–Kier alpha value is -1.86. The zero-order valence-corrected chi connectivity index (χ0v) is 14.1. The van der Waals surface area contributed by atoms with Crippen LogP contribution in [0.15, 0.2) is 24.5 Å². The highest BCUT2D eigenvalue weighted by Gasteiger charge is 2.29. The Morgan fingerprint density at radius 1 is 1.39 bits per heavy atom. The summed E-state index contributed by atoms with van der Waals surface area (Å²) in [4.78, 5) is 19.1. The Kier molecular flexibility index (Phi) is 5.30. The fourth-order valence-corrected chi connectivity index (χ4v) is 3.60. The molecule has 23 heavy (non-hydrogen) atoms. The molecule has 0 spiro atoms. The third-order valence-electron chi connectivity index (χ3n) is 3.96. The number of aryl methyl sites for hydroxylation is 1. The van der Waals surface area contributed by atoms with Crippen LogP contribution in [0.25, 0.3) is 0 Å². The van der Waals surface area contributed by atoms with Crippen LogP contribution in [-0.2, 0) is 11.2 Å². The monoisotopic (exact) mass is 331 g/mol. The summed E-state index contributed by atoms with van der Waals surface area (Å²) >= 11 is 1.58. The summed E-state index contributed by atoms with van der Waals surface area (Å²) in [7, 11) is 0. The van der Waals surface area contributed by atoms with Crippen LogP contribution < -0.4 is 5.32 Å². The molecule has 0 radical (unpaired) electrons. The van der Waals surface area contributed by atoms with Crippen LogP contribution in [0.3, 0.4) is 0 Å². The van der Waals surface area contributed by atoms with Crippen molar-refractivity contribution in [3.63, 3.8) is 0 Å². The summed E-state index contributed by atoms with van der Waals surface area (Å²) in [6.07, 6.45) is 6.54. The Bertz CT molecular complexity index is 639. The van der Waals surface area contributed by atoms with Gasteiger partial charge < -0.3 is 5.32 Å². The molecule has 122 valence electrons. The summed E-state index contributed by atoms with van der Waals surface area (Å²) < 4.78 is 0. The average Bonchev–Trinajstić information content (AvgIpc) is 3.21. The third-order valence-corrected chi connectivity index (χ3v) is 4.86. The Morgan fingerprint density at radius 3 is 2.87 bits per heavy atom. The maximum atomic E-state index is 12.7. The topological polar surface area (TPSA) is 71.0 Å². The molecule has 1 aliphatic rings. The second kappa shape index (κ2) is 7.61.